The fraction of sp³-hybridized carbons (Fsp3) is 0.292. The highest BCUT2D eigenvalue weighted by Gasteiger charge is 2.24. The molecule has 3 N–H and O–H groups in total. The zero-order chi connectivity index (χ0) is 22.2. The van der Waals surface area contributed by atoms with Crippen LogP contribution in [0, 0.1) is 0 Å². The smallest absolute Gasteiger partial charge is 0.330 e. The van der Waals surface area contributed by atoms with Gasteiger partial charge in [0.2, 0.25) is 5.91 Å². The molecule has 0 saturated heterocycles. The van der Waals surface area contributed by atoms with Crippen molar-refractivity contribution < 1.29 is 4.79 Å². The molecule has 162 valence electrons. The Bertz CT molecular complexity index is 1120. The third-order valence-corrected chi connectivity index (χ3v) is 5.17. The maximum absolute atomic E-state index is 13.3. The lowest BCUT2D eigenvalue weighted by atomic mass is 10.1. The first-order valence-electron chi connectivity index (χ1n) is 10.5. The normalized spacial score (nSPS) is 10.7. The maximum Gasteiger partial charge on any atom is 0.330 e. The van der Waals surface area contributed by atoms with E-state index in [9.17, 15) is 14.4 Å². The van der Waals surface area contributed by atoms with Crippen molar-refractivity contribution in [3.05, 3.63) is 92.6 Å². The van der Waals surface area contributed by atoms with E-state index in [0.717, 1.165) is 24.0 Å². The first-order chi connectivity index (χ1) is 15.0. The highest BCUT2D eigenvalue weighted by molar-refractivity contribution is 5.95. The number of carbonyl (C=O) groups is 1. The van der Waals surface area contributed by atoms with Crippen LogP contribution in [0.1, 0.15) is 37.3 Å². The van der Waals surface area contributed by atoms with Crippen molar-refractivity contribution in [2.45, 2.75) is 45.7 Å². The van der Waals surface area contributed by atoms with E-state index in [1.807, 2.05) is 67.6 Å². The maximum atomic E-state index is 13.3. The second kappa shape index (κ2) is 10.4. The number of hydrogen-bond acceptors (Lipinski definition) is 4. The number of aromatic amines is 1. The number of aromatic nitrogens is 2. The number of carbonyl (C=O) groups excluding carboxylic acids is 1. The Morgan fingerprint density at radius 2 is 1.61 bits per heavy atom. The molecule has 1 heterocycles. The molecule has 0 saturated carbocycles. The quantitative estimate of drug-likeness (QED) is 0.555. The number of unbranched alkanes of at least 4 members (excludes halogenated alkanes) is 1. The molecule has 0 aliphatic carbocycles. The Labute approximate surface area is 181 Å². The van der Waals surface area contributed by atoms with Gasteiger partial charge in [0.15, 0.2) is 5.69 Å². The molecule has 0 fully saturated rings. The number of aryl methyl sites for hydroxylation is 1. The first kappa shape index (κ1) is 22.1. The molecule has 1 amide bonds. The molecule has 0 unspecified atom stereocenters. The molecule has 0 atom stereocenters. The Morgan fingerprint density at radius 3 is 2.23 bits per heavy atom. The Balaban J connectivity index is 1.98. The minimum Gasteiger partial charge on any atom is -0.383 e. The average molecular weight is 421 g/mol. The lowest BCUT2D eigenvalue weighted by Gasteiger charge is -2.25. The summed E-state index contributed by atoms with van der Waals surface area (Å²) in [5, 5.41) is 0. The largest absolute Gasteiger partial charge is 0.383 e. The van der Waals surface area contributed by atoms with E-state index in [4.69, 9.17) is 5.73 Å². The van der Waals surface area contributed by atoms with E-state index >= 15 is 0 Å². The summed E-state index contributed by atoms with van der Waals surface area (Å²) >= 11 is 0. The van der Waals surface area contributed by atoms with Gasteiger partial charge in [-0.25, -0.2) is 4.79 Å². The predicted molar refractivity (Wildman–Crippen MR) is 123 cm³/mol. The molecular weight excluding hydrogens is 392 g/mol. The highest BCUT2D eigenvalue weighted by Crippen LogP contribution is 2.21. The van der Waals surface area contributed by atoms with Gasteiger partial charge in [0.1, 0.15) is 5.82 Å². The van der Waals surface area contributed by atoms with Gasteiger partial charge < -0.3 is 10.6 Å². The van der Waals surface area contributed by atoms with Crippen LogP contribution in [0.15, 0.2) is 70.3 Å². The fourth-order valence-electron chi connectivity index (χ4n) is 3.47. The van der Waals surface area contributed by atoms with Crippen molar-refractivity contribution in [2.24, 2.45) is 0 Å². The van der Waals surface area contributed by atoms with Crippen LogP contribution >= 0.6 is 0 Å². The number of nitrogens with one attached hydrogen (secondary N) is 1. The predicted octanol–water partition coefficient (Wildman–Crippen LogP) is 3.08. The van der Waals surface area contributed by atoms with E-state index in [-0.39, 0.29) is 30.4 Å². The van der Waals surface area contributed by atoms with Gasteiger partial charge in [-0.3, -0.25) is 19.1 Å². The summed E-state index contributed by atoms with van der Waals surface area (Å²) in [5.41, 5.74) is 6.98. The number of H-pyrrole nitrogens is 1. The van der Waals surface area contributed by atoms with Crippen molar-refractivity contribution >= 4 is 17.4 Å². The fourth-order valence-corrected chi connectivity index (χ4v) is 3.47. The van der Waals surface area contributed by atoms with Gasteiger partial charge in [-0.15, -0.1) is 0 Å². The van der Waals surface area contributed by atoms with Crippen molar-refractivity contribution in [3.8, 4) is 0 Å². The Hall–Kier alpha value is -3.61. The summed E-state index contributed by atoms with van der Waals surface area (Å²) < 4.78 is 1.34. The minimum absolute atomic E-state index is 0.0196. The molecule has 3 rings (SSSR count). The van der Waals surface area contributed by atoms with Crippen LogP contribution in [-0.2, 0) is 24.3 Å². The SMILES string of the molecule is CCCCn1c(N)c(N(Cc2ccccc2)C(=O)CCc2ccccc2)c(=O)[nH]c1=O. The van der Waals surface area contributed by atoms with Crippen molar-refractivity contribution in [3.63, 3.8) is 0 Å². The zero-order valence-electron chi connectivity index (χ0n) is 17.7. The van der Waals surface area contributed by atoms with E-state index in [2.05, 4.69) is 4.98 Å². The average Bonchev–Trinajstić information content (AvgIpc) is 2.78. The van der Waals surface area contributed by atoms with Gasteiger partial charge >= 0.3 is 5.69 Å². The van der Waals surface area contributed by atoms with Crippen molar-refractivity contribution in [1.29, 1.82) is 0 Å². The molecule has 0 radical (unpaired) electrons. The summed E-state index contributed by atoms with van der Waals surface area (Å²) in [6, 6.07) is 19.1. The van der Waals surface area contributed by atoms with E-state index in [1.165, 1.54) is 9.47 Å². The summed E-state index contributed by atoms with van der Waals surface area (Å²) in [5.74, 6) is -0.211. The van der Waals surface area contributed by atoms with Crippen LogP contribution in [0.4, 0.5) is 11.5 Å². The van der Waals surface area contributed by atoms with Gasteiger partial charge in [-0.05, 0) is 24.0 Å². The second-order valence-electron chi connectivity index (χ2n) is 7.45. The number of benzene rings is 2. The topological polar surface area (TPSA) is 101 Å². The molecule has 0 aliphatic rings. The lowest BCUT2D eigenvalue weighted by molar-refractivity contribution is -0.118. The second-order valence-corrected chi connectivity index (χ2v) is 7.45. The van der Waals surface area contributed by atoms with Gasteiger partial charge in [-0.2, -0.15) is 0 Å². The third kappa shape index (κ3) is 5.51. The number of rotatable bonds is 9. The van der Waals surface area contributed by atoms with E-state index in [0.29, 0.717) is 13.0 Å². The van der Waals surface area contributed by atoms with Crippen molar-refractivity contribution in [2.75, 3.05) is 10.6 Å². The first-order valence-corrected chi connectivity index (χ1v) is 10.5. The van der Waals surface area contributed by atoms with Crippen LogP contribution in [0.25, 0.3) is 0 Å². The van der Waals surface area contributed by atoms with Gasteiger partial charge in [0, 0.05) is 13.0 Å². The highest BCUT2D eigenvalue weighted by atomic mass is 16.2. The molecule has 31 heavy (non-hydrogen) atoms. The van der Waals surface area contributed by atoms with E-state index < -0.39 is 11.2 Å². The zero-order valence-corrected chi connectivity index (χ0v) is 17.7. The standard InChI is InChI=1S/C24H28N4O3/c1-2-3-16-27-22(25)21(23(30)26-24(27)31)28(17-19-12-8-5-9-13-19)20(29)15-14-18-10-6-4-7-11-18/h4-13H,2-3,14-17,25H2,1H3,(H,26,30,31). The van der Waals surface area contributed by atoms with Gasteiger partial charge in [0.05, 0.1) is 6.54 Å². The molecule has 2 aromatic carbocycles. The van der Waals surface area contributed by atoms with Gasteiger partial charge in [0.25, 0.3) is 5.56 Å². The Kier molecular flexibility index (Phi) is 7.43. The van der Waals surface area contributed by atoms with Crippen LogP contribution in [0.3, 0.4) is 0 Å². The monoisotopic (exact) mass is 420 g/mol. The molecule has 0 aliphatic heterocycles. The number of nitrogens with zero attached hydrogens (tertiary/aromatic N) is 2. The van der Waals surface area contributed by atoms with Crippen molar-refractivity contribution in [1.82, 2.24) is 9.55 Å². The van der Waals surface area contributed by atoms with Crippen LogP contribution in [-0.4, -0.2) is 15.5 Å². The summed E-state index contributed by atoms with van der Waals surface area (Å²) in [6.07, 6.45) is 2.35. The summed E-state index contributed by atoms with van der Waals surface area (Å²) in [7, 11) is 0. The van der Waals surface area contributed by atoms with Gasteiger partial charge in [-0.1, -0.05) is 74.0 Å². The lowest BCUT2D eigenvalue weighted by Crippen LogP contribution is -2.41. The van der Waals surface area contributed by atoms with E-state index in [1.54, 1.807) is 0 Å². The molecule has 0 spiro atoms. The molecule has 7 heteroatoms. The number of anilines is 2. The molecule has 1 aromatic heterocycles. The third-order valence-electron chi connectivity index (χ3n) is 5.17. The number of hydrogen-bond donors (Lipinski definition) is 2. The van der Waals surface area contributed by atoms with Crippen LogP contribution in [0.2, 0.25) is 0 Å². The van der Waals surface area contributed by atoms with Crippen LogP contribution in [0.5, 0.6) is 0 Å². The molecule has 7 nitrogen and oxygen atoms in total. The molecule has 3 aromatic rings. The molecular formula is C24H28N4O3. The summed E-state index contributed by atoms with van der Waals surface area (Å²) in [4.78, 5) is 42.1. The number of amides is 1. The minimum atomic E-state index is -0.653. The molecule has 0 bridgehead atoms. The van der Waals surface area contributed by atoms with Crippen LogP contribution < -0.4 is 21.9 Å². The number of nitrogen functional groups attached to an aromatic ring is 1. The Morgan fingerprint density at radius 1 is 1.00 bits per heavy atom. The number of nitrogens with two attached hydrogens (primary N) is 1. The summed E-state index contributed by atoms with van der Waals surface area (Å²) in [6.45, 7) is 2.57.